The van der Waals surface area contributed by atoms with Gasteiger partial charge in [-0.1, -0.05) is 23.7 Å². The van der Waals surface area contributed by atoms with Crippen LogP contribution >= 0.6 is 11.6 Å². The molecule has 0 aliphatic carbocycles. The summed E-state index contributed by atoms with van der Waals surface area (Å²) in [5.41, 5.74) is 1.54. The molecule has 98 valence electrons. The topological polar surface area (TPSA) is 72.5 Å². The average Bonchev–Trinajstić information content (AvgIpc) is 2.37. The Kier molecular flexibility index (Phi) is 3.99. The van der Waals surface area contributed by atoms with Crippen LogP contribution in [0.4, 0.5) is 5.69 Å². The van der Waals surface area contributed by atoms with Crippen molar-refractivity contribution < 1.29 is 8.42 Å². The standard InChI is InChI=1S/C13H11ClN2O2S/c14-11-3-5-12(6-4-11)16-9-10-1-7-13(8-2-10)19(15,17)18/h1-9H,(H2,15,17,18). The molecule has 0 aliphatic rings. The highest BCUT2D eigenvalue weighted by Crippen LogP contribution is 2.16. The lowest BCUT2D eigenvalue weighted by atomic mass is 10.2. The maximum atomic E-state index is 11.1. The minimum Gasteiger partial charge on any atom is -0.256 e. The first kappa shape index (κ1) is 13.7. The van der Waals surface area contributed by atoms with Gasteiger partial charge in [-0.05, 0) is 42.0 Å². The van der Waals surface area contributed by atoms with Crippen LogP contribution in [0.5, 0.6) is 0 Å². The van der Waals surface area contributed by atoms with Crippen molar-refractivity contribution in [1.82, 2.24) is 0 Å². The third-order valence-corrected chi connectivity index (χ3v) is 3.58. The number of primary sulfonamides is 1. The van der Waals surface area contributed by atoms with Crippen molar-refractivity contribution >= 4 is 33.5 Å². The van der Waals surface area contributed by atoms with Gasteiger partial charge in [0.05, 0.1) is 10.6 Å². The zero-order valence-corrected chi connectivity index (χ0v) is 11.4. The Hall–Kier alpha value is -1.69. The number of hydrogen-bond acceptors (Lipinski definition) is 3. The minimum absolute atomic E-state index is 0.0798. The second-order valence-corrected chi connectivity index (χ2v) is 5.85. The zero-order valence-electron chi connectivity index (χ0n) is 9.82. The molecule has 6 heteroatoms. The number of aliphatic imine (C=N–C) groups is 1. The summed E-state index contributed by atoms with van der Waals surface area (Å²) in [7, 11) is -3.65. The lowest BCUT2D eigenvalue weighted by molar-refractivity contribution is 0.598. The molecule has 0 heterocycles. The smallest absolute Gasteiger partial charge is 0.238 e. The van der Waals surface area contributed by atoms with Gasteiger partial charge in [-0.2, -0.15) is 0 Å². The molecule has 2 N–H and O–H groups in total. The van der Waals surface area contributed by atoms with Gasteiger partial charge in [0.15, 0.2) is 0 Å². The molecule has 0 fully saturated rings. The number of nitrogens with two attached hydrogens (primary N) is 1. The maximum absolute atomic E-state index is 11.1. The average molecular weight is 295 g/mol. The lowest BCUT2D eigenvalue weighted by Crippen LogP contribution is -2.11. The van der Waals surface area contributed by atoms with Gasteiger partial charge in [0.2, 0.25) is 10.0 Å². The van der Waals surface area contributed by atoms with Crippen molar-refractivity contribution in [2.45, 2.75) is 4.90 Å². The Morgan fingerprint density at radius 3 is 2.11 bits per heavy atom. The highest BCUT2D eigenvalue weighted by atomic mass is 35.5. The van der Waals surface area contributed by atoms with Gasteiger partial charge in [0, 0.05) is 11.2 Å². The van der Waals surface area contributed by atoms with Crippen molar-refractivity contribution in [3.63, 3.8) is 0 Å². The number of rotatable bonds is 3. The van der Waals surface area contributed by atoms with Crippen LogP contribution in [0, 0.1) is 0 Å². The van der Waals surface area contributed by atoms with Gasteiger partial charge in [-0.3, -0.25) is 4.99 Å². The number of sulfonamides is 1. The molecule has 2 rings (SSSR count). The molecular weight excluding hydrogens is 284 g/mol. The van der Waals surface area contributed by atoms with E-state index in [4.69, 9.17) is 16.7 Å². The molecule has 4 nitrogen and oxygen atoms in total. The lowest BCUT2D eigenvalue weighted by Gasteiger charge is -1.98. The summed E-state index contributed by atoms with van der Waals surface area (Å²) in [5.74, 6) is 0. The van der Waals surface area contributed by atoms with Gasteiger partial charge in [-0.15, -0.1) is 0 Å². The van der Waals surface area contributed by atoms with Crippen molar-refractivity contribution in [3.8, 4) is 0 Å². The van der Waals surface area contributed by atoms with E-state index < -0.39 is 10.0 Å². The van der Waals surface area contributed by atoms with E-state index in [1.54, 1.807) is 42.6 Å². The second-order valence-electron chi connectivity index (χ2n) is 3.85. The molecule has 0 amide bonds. The van der Waals surface area contributed by atoms with E-state index in [-0.39, 0.29) is 4.90 Å². The van der Waals surface area contributed by atoms with Crippen molar-refractivity contribution in [2.75, 3.05) is 0 Å². The summed E-state index contributed by atoms with van der Waals surface area (Å²) >= 11 is 5.77. The molecule has 2 aromatic rings. The molecular formula is C13H11ClN2O2S. The molecule has 0 bridgehead atoms. The minimum atomic E-state index is -3.65. The molecule has 0 unspecified atom stereocenters. The largest absolute Gasteiger partial charge is 0.256 e. The summed E-state index contributed by atoms with van der Waals surface area (Å²) < 4.78 is 22.2. The first-order valence-electron chi connectivity index (χ1n) is 5.38. The Morgan fingerprint density at radius 1 is 1.00 bits per heavy atom. The molecule has 0 aliphatic heterocycles. The monoisotopic (exact) mass is 294 g/mol. The summed E-state index contributed by atoms with van der Waals surface area (Å²) in [4.78, 5) is 4.32. The first-order valence-corrected chi connectivity index (χ1v) is 7.30. The SMILES string of the molecule is NS(=O)(=O)c1ccc(C=Nc2ccc(Cl)cc2)cc1. The fourth-order valence-corrected chi connectivity index (χ4v) is 2.06. The maximum Gasteiger partial charge on any atom is 0.238 e. The number of nitrogens with zero attached hydrogens (tertiary/aromatic N) is 1. The third-order valence-electron chi connectivity index (χ3n) is 2.40. The van der Waals surface area contributed by atoms with Crippen LogP contribution in [-0.2, 0) is 10.0 Å². The Bertz CT molecular complexity index is 692. The van der Waals surface area contributed by atoms with Crippen LogP contribution in [0.1, 0.15) is 5.56 Å². The Labute approximate surface area is 116 Å². The highest BCUT2D eigenvalue weighted by Gasteiger charge is 2.05. The molecule has 0 spiro atoms. The summed E-state index contributed by atoms with van der Waals surface area (Å²) in [6, 6.07) is 13.2. The van der Waals surface area contributed by atoms with Crippen LogP contribution in [0.15, 0.2) is 58.4 Å². The fraction of sp³-hybridized carbons (Fsp3) is 0. The number of benzene rings is 2. The quantitative estimate of drug-likeness (QED) is 0.884. The van der Waals surface area contributed by atoms with Gasteiger partial charge >= 0.3 is 0 Å². The molecule has 2 aromatic carbocycles. The molecule has 0 saturated heterocycles. The van der Waals surface area contributed by atoms with Crippen molar-refractivity contribution in [2.24, 2.45) is 10.1 Å². The molecule has 0 atom stereocenters. The molecule has 19 heavy (non-hydrogen) atoms. The normalized spacial score (nSPS) is 11.9. The van der Waals surface area contributed by atoms with E-state index in [0.717, 1.165) is 11.3 Å². The van der Waals surface area contributed by atoms with E-state index in [1.807, 2.05) is 0 Å². The molecule has 0 saturated carbocycles. The van der Waals surface area contributed by atoms with Crippen LogP contribution < -0.4 is 5.14 Å². The van der Waals surface area contributed by atoms with E-state index in [9.17, 15) is 8.42 Å². The van der Waals surface area contributed by atoms with E-state index in [2.05, 4.69) is 4.99 Å². The van der Waals surface area contributed by atoms with E-state index in [1.165, 1.54) is 12.1 Å². The predicted octanol–water partition coefficient (Wildman–Crippen LogP) is 2.74. The number of halogens is 1. The molecule has 0 aromatic heterocycles. The van der Waals surface area contributed by atoms with Crippen LogP contribution in [0.3, 0.4) is 0 Å². The Balaban J connectivity index is 2.18. The third kappa shape index (κ3) is 3.89. The first-order chi connectivity index (χ1) is 8.95. The van der Waals surface area contributed by atoms with E-state index in [0.29, 0.717) is 5.02 Å². The predicted molar refractivity (Wildman–Crippen MR) is 76.5 cm³/mol. The fourth-order valence-electron chi connectivity index (χ4n) is 1.42. The van der Waals surface area contributed by atoms with Crippen LogP contribution in [0.2, 0.25) is 5.02 Å². The number of hydrogen-bond donors (Lipinski definition) is 1. The summed E-state index contributed by atoms with van der Waals surface area (Å²) in [6.07, 6.45) is 1.64. The molecule has 0 radical (unpaired) electrons. The Morgan fingerprint density at radius 2 is 1.58 bits per heavy atom. The second kappa shape index (κ2) is 5.52. The van der Waals surface area contributed by atoms with E-state index >= 15 is 0 Å². The highest BCUT2D eigenvalue weighted by molar-refractivity contribution is 7.89. The van der Waals surface area contributed by atoms with Crippen LogP contribution in [0.25, 0.3) is 0 Å². The van der Waals surface area contributed by atoms with Gasteiger partial charge in [-0.25, -0.2) is 13.6 Å². The van der Waals surface area contributed by atoms with Gasteiger partial charge < -0.3 is 0 Å². The van der Waals surface area contributed by atoms with Gasteiger partial charge in [0.25, 0.3) is 0 Å². The van der Waals surface area contributed by atoms with Crippen molar-refractivity contribution in [1.29, 1.82) is 0 Å². The summed E-state index contributed by atoms with van der Waals surface area (Å²) in [6.45, 7) is 0. The van der Waals surface area contributed by atoms with Crippen molar-refractivity contribution in [3.05, 3.63) is 59.1 Å². The zero-order chi connectivity index (χ0) is 13.9. The van der Waals surface area contributed by atoms with Gasteiger partial charge in [0.1, 0.15) is 0 Å². The summed E-state index contributed by atoms with van der Waals surface area (Å²) in [5, 5.41) is 5.66. The van der Waals surface area contributed by atoms with Crippen LogP contribution in [-0.4, -0.2) is 14.6 Å².